The number of aliphatic hydroxyl groups excluding tert-OH is 1. The van der Waals surface area contributed by atoms with Gasteiger partial charge in [-0.25, -0.2) is 4.79 Å². The number of unbranched alkanes of at least 4 members (excludes halogenated alkanes) is 1. The molecule has 73 heavy (non-hydrogen) atoms. The van der Waals surface area contributed by atoms with Gasteiger partial charge < -0.3 is 54.8 Å². The van der Waals surface area contributed by atoms with E-state index in [2.05, 4.69) is 27.9 Å². The Morgan fingerprint density at radius 1 is 1.14 bits per heavy atom. The number of hydrogen-bond acceptors (Lipinski definition) is 18. The largest absolute Gasteiger partial charge is 0.459 e. The van der Waals surface area contributed by atoms with Gasteiger partial charge in [0.25, 0.3) is 0 Å². The lowest BCUT2D eigenvalue weighted by molar-refractivity contribution is -0.295. The summed E-state index contributed by atoms with van der Waals surface area (Å²) in [5.74, 6) is -3.88. The zero-order chi connectivity index (χ0) is 54.6. The second-order valence-corrected chi connectivity index (χ2v) is 22.1. The Labute approximate surface area is 437 Å². The van der Waals surface area contributed by atoms with Crippen molar-refractivity contribution >= 4 is 41.7 Å². The van der Waals surface area contributed by atoms with E-state index in [1.807, 2.05) is 91.0 Å². The molecule has 3 aliphatic rings. The molecule has 0 aliphatic carbocycles. The van der Waals surface area contributed by atoms with E-state index in [1.165, 1.54) is 13.2 Å². The van der Waals surface area contributed by atoms with Crippen molar-refractivity contribution < 1.29 is 56.6 Å². The molecule has 4 heterocycles. The fourth-order valence-electron chi connectivity index (χ4n) is 10.5. The number of benzene rings is 1. The molecule has 0 saturated carbocycles. The standard InChI is InChI=1S/C51H84N8O11.CH3FS/c1-15-40-51(11)43(59(48(64)70-51)24-17-16-23-58-29-38(55-56-58)35-19-18-20-36(52)26-35)37(21-22-53-34(6)46(63)69-49(7,8)9)54-28-30(2)27-50(10,65-14)44(32(4)41(60)33(5)45(62)67-40)68-47-42(61)39(57(12)13)25-31(3)66-47;1-3-2/h18-20,26,29-34,37,39-40,42-44,47,53-54,61H,15-17,21-25,27-28,52H2,1-14H3;1H3/t30-,31?,32+,33-,34-,37-,39?,40-,42?,43-,44-,47+,50-,51-;/m1./s1. The van der Waals surface area contributed by atoms with Gasteiger partial charge in [0.15, 0.2) is 17.7 Å². The highest BCUT2D eigenvalue weighted by molar-refractivity contribution is 7.93. The lowest BCUT2D eigenvalue weighted by Crippen LogP contribution is -2.62. The number of methoxy groups -OCH3 is 1. The van der Waals surface area contributed by atoms with Crippen LogP contribution >= 0.6 is 12.1 Å². The summed E-state index contributed by atoms with van der Waals surface area (Å²) in [6.45, 7) is 21.6. The number of nitrogens with zero attached hydrogens (tertiary/aromatic N) is 5. The number of halogens is 1. The fraction of sp³-hybridized carbons (Fsp3) is 0.769. The number of carbonyl (C=O) groups is 4. The average Bonchev–Trinajstić information content (AvgIpc) is 3.90. The van der Waals surface area contributed by atoms with Gasteiger partial charge >= 0.3 is 18.0 Å². The van der Waals surface area contributed by atoms with Gasteiger partial charge in [-0.05, 0) is 139 Å². The summed E-state index contributed by atoms with van der Waals surface area (Å²) in [4.78, 5) is 60.1. The lowest BCUT2D eigenvalue weighted by atomic mass is 9.78. The number of carbonyl (C=O) groups excluding carboxylic acids is 4. The van der Waals surface area contributed by atoms with Crippen LogP contribution in [0.5, 0.6) is 0 Å². The number of likely N-dealkylation sites (N-methyl/N-ethyl adjacent to an activating group) is 1. The van der Waals surface area contributed by atoms with E-state index in [-0.39, 0.29) is 36.6 Å². The monoisotopic (exact) mass is 1050 g/mol. The Bertz CT molecular complexity index is 2100. The highest BCUT2D eigenvalue weighted by Crippen LogP contribution is 2.41. The first kappa shape index (κ1) is 61.6. The Kier molecular flexibility index (Phi) is 22.9. The van der Waals surface area contributed by atoms with Gasteiger partial charge in [0.1, 0.15) is 35.5 Å². The van der Waals surface area contributed by atoms with Crippen LogP contribution in [0.25, 0.3) is 11.3 Å². The highest BCUT2D eigenvalue weighted by atomic mass is 32.2. The number of esters is 2. The number of Topliss-reactive ketones (excluding diaryl/α,β-unsaturated/α-hetero) is 1. The number of nitrogen functional groups attached to an aromatic ring is 1. The Balaban J connectivity index is 0.00000375. The number of aryl methyl sites for hydroxylation is 1. The van der Waals surface area contributed by atoms with Crippen LogP contribution in [-0.4, -0.2) is 172 Å². The molecule has 1 aromatic heterocycles. The number of hydrogen-bond donors (Lipinski definition) is 4. The predicted octanol–water partition coefficient (Wildman–Crippen LogP) is 6.21. The van der Waals surface area contributed by atoms with E-state index >= 15 is 0 Å². The highest BCUT2D eigenvalue weighted by Gasteiger charge is 2.59. The first-order valence-electron chi connectivity index (χ1n) is 25.8. The molecule has 0 spiro atoms. The molecule has 14 atom stereocenters. The summed E-state index contributed by atoms with van der Waals surface area (Å²) < 4.78 is 49.7. The second kappa shape index (κ2) is 27.2. The molecule has 3 saturated heterocycles. The van der Waals surface area contributed by atoms with Gasteiger partial charge in [0.05, 0.1) is 30.0 Å². The van der Waals surface area contributed by atoms with Crippen molar-refractivity contribution in [3.05, 3.63) is 30.5 Å². The molecule has 19 nitrogen and oxygen atoms in total. The Morgan fingerprint density at radius 2 is 1.81 bits per heavy atom. The summed E-state index contributed by atoms with van der Waals surface area (Å²) in [6.07, 6.45) is 1.27. The molecule has 21 heteroatoms. The van der Waals surface area contributed by atoms with Gasteiger partial charge in [0, 0.05) is 67.9 Å². The zero-order valence-electron chi connectivity index (χ0n) is 46.0. The number of ether oxygens (including phenoxy) is 6. The van der Waals surface area contributed by atoms with Gasteiger partial charge in [0.2, 0.25) is 0 Å². The van der Waals surface area contributed by atoms with E-state index in [4.69, 9.17) is 34.2 Å². The van der Waals surface area contributed by atoms with Crippen LogP contribution in [0.3, 0.4) is 0 Å². The van der Waals surface area contributed by atoms with Crippen molar-refractivity contribution in [2.24, 2.45) is 17.8 Å². The quantitative estimate of drug-likeness (QED) is 0.0481. The second-order valence-electron chi connectivity index (χ2n) is 21.8. The summed E-state index contributed by atoms with van der Waals surface area (Å²) in [7, 11) is 5.36. The van der Waals surface area contributed by atoms with Crippen LogP contribution < -0.4 is 16.4 Å². The molecular weight excluding hydrogens is 964 g/mol. The molecule has 0 bridgehead atoms. The molecule has 3 aliphatic heterocycles. The van der Waals surface area contributed by atoms with Gasteiger partial charge in [-0.2, -0.15) is 3.89 Å². The van der Waals surface area contributed by atoms with Gasteiger partial charge in [-0.15, -0.1) is 5.10 Å². The van der Waals surface area contributed by atoms with Crippen molar-refractivity contribution in [2.45, 2.75) is 193 Å². The number of anilines is 1. The smallest absolute Gasteiger partial charge is 0.410 e. The number of aromatic nitrogens is 3. The van der Waals surface area contributed by atoms with Crippen LogP contribution in [0.2, 0.25) is 0 Å². The summed E-state index contributed by atoms with van der Waals surface area (Å²) >= 11 is 0.250. The molecule has 1 aromatic carbocycles. The van der Waals surface area contributed by atoms with E-state index in [1.54, 1.807) is 37.5 Å². The van der Waals surface area contributed by atoms with E-state index in [0.717, 1.165) is 5.56 Å². The normalized spacial score (nSPS) is 32.1. The topological polar surface area (TPSA) is 231 Å². The van der Waals surface area contributed by atoms with Crippen molar-refractivity contribution in [3.8, 4) is 11.3 Å². The van der Waals surface area contributed by atoms with Crippen LogP contribution in [0.1, 0.15) is 115 Å². The molecule has 2 aromatic rings. The summed E-state index contributed by atoms with van der Waals surface area (Å²) in [5, 5.41) is 27.4. The van der Waals surface area contributed by atoms with Crippen LogP contribution in [0, 0.1) is 17.8 Å². The van der Waals surface area contributed by atoms with Crippen LogP contribution in [0.4, 0.5) is 14.4 Å². The Hall–Kier alpha value is -3.96. The molecule has 5 rings (SSSR count). The predicted molar refractivity (Wildman–Crippen MR) is 279 cm³/mol. The number of nitrogens with one attached hydrogen (secondary N) is 2. The number of fused-ring (bicyclic) bond motifs is 1. The molecule has 3 unspecified atom stereocenters. The van der Waals surface area contributed by atoms with Gasteiger partial charge in [-0.3, -0.25) is 24.0 Å². The Morgan fingerprint density at radius 3 is 2.42 bits per heavy atom. The van der Waals surface area contributed by atoms with E-state index in [0.29, 0.717) is 69.7 Å². The van der Waals surface area contributed by atoms with Crippen molar-refractivity contribution in [1.82, 2.24) is 35.4 Å². The molecule has 0 radical (unpaired) electrons. The zero-order valence-corrected chi connectivity index (χ0v) is 46.8. The number of amides is 1. The molecule has 3 fully saturated rings. The lowest BCUT2D eigenvalue weighted by Gasteiger charge is -2.46. The van der Waals surface area contributed by atoms with Crippen molar-refractivity contribution in [3.63, 3.8) is 0 Å². The maximum absolute atomic E-state index is 14.6. The SMILES string of the molecule is CC[C@H]1OC(=O)[C@H](C)C(=O)[C@H](C)[C@@H](O[C@@H]2OC(C)CC(N(C)C)C2O)[C@](C)(OC)C[C@@H](C)CN[C@H](CCN[C@H](C)C(=O)OC(C)(C)C)[C@H]2N(CCCCn3cc(-c4cccc(N)c4)nn3)C(=O)O[C@]12C.CSF. The average molecular weight is 1050 g/mol. The molecule has 5 N–H and O–H groups in total. The molecule has 414 valence electrons. The summed E-state index contributed by atoms with van der Waals surface area (Å²) in [6, 6.07) is 5.40. The van der Waals surface area contributed by atoms with Crippen LogP contribution in [-0.2, 0) is 49.3 Å². The number of ketones is 1. The number of aliphatic hydroxyl groups is 1. The van der Waals surface area contributed by atoms with E-state index in [9.17, 15) is 28.2 Å². The third-order valence-electron chi connectivity index (χ3n) is 14.3. The maximum Gasteiger partial charge on any atom is 0.410 e. The number of cyclic esters (lactones) is 1. The molecule has 1 amide bonds. The summed E-state index contributed by atoms with van der Waals surface area (Å²) in [5.41, 5.74) is 5.01. The minimum atomic E-state index is -1.38. The van der Waals surface area contributed by atoms with Crippen LogP contribution in [0.15, 0.2) is 30.5 Å². The first-order chi connectivity index (χ1) is 34.2. The van der Waals surface area contributed by atoms with Gasteiger partial charge in [-0.1, -0.05) is 38.1 Å². The van der Waals surface area contributed by atoms with Crippen molar-refractivity contribution in [1.29, 1.82) is 0 Å². The maximum atomic E-state index is 14.6. The fourth-order valence-corrected chi connectivity index (χ4v) is 10.5. The van der Waals surface area contributed by atoms with E-state index < -0.39 is 95.2 Å². The number of rotatable bonds is 16. The number of nitrogens with two attached hydrogens (primary N) is 1. The minimum Gasteiger partial charge on any atom is -0.459 e. The molecular formula is C52H87FN8O11S. The third kappa shape index (κ3) is 16.3. The van der Waals surface area contributed by atoms with Crippen molar-refractivity contribution in [2.75, 3.05) is 52.8 Å². The minimum absolute atomic E-state index is 0.125. The first-order valence-corrected chi connectivity index (χ1v) is 26.9. The third-order valence-corrected chi connectivity index (χ3v) is 14.3.